The Labute approximate surface area is 200 Å². The molecule has 0 bridgehead atoms. The molecule has 8 heteroatoms. The molecule has 2 aromatic heterocycles. The third kappa shape index (κ3) is 4.72. The number of hydrogen-bond acceptors (Lipinski definition) is 6. The molecule has 0 saturated heterocycles. The minimum atomic E-state index is -0.802. The van der Waals surface area contributed by atoms with E-state index in [2.05, 4.69) is 20.6 Å². The summed E-state index contributed by atoms with van der Waals surface area (Å²) < 4.78 is 0.435. The number of carbonyl (C=O) groups is 1. The number of aromatic nitrogens is 3. The number of benzene rings is 3. The fourth-order valence-electron chi connectivity index (χ4n) is 3.76. The summed E-state index contributed by atoms with van der Waals surface area (Å²) in [4.78, 5) is 32.5. The normalized spacial score (nSPS) is 10.7. The molecule has 35 heavy (non-hydrogen) atoms. The first-order chi connectivity index (χ1) is 17.1. The van der Waals surface area contributed by atoms with Crippen LogP contribution in [0.5, 0.6) is 0 Å². The summed E-state index contributed by atoms with van der Waals surface area (Å²) in [6, 6.07) is 28.1. The molecule has 3 N–H and O–H groups in total. The lowest BCUT2D eigenvalue weighted by molar-refractivity contribution is 0.102. The van der Waals surface area contributed by atoms with E-state index in [4.69, 9.17) is 0 Å². The van der Waals surface area contributed by atoms with Crippen molar-refractivity contribution in [2.45, 2.75) is 6.54 Å². The number of hydrogen-bond donors (Lipinski definition) is 3. The van der Waals surface area contributed by atoms with Crippen LogP contribution in [0.2, 0.25) is 0 Å². The van der Waals surface area contributed by atoms with Crippen LogP contribution in [0.25, 0.3) is 22.2 Å². The smallest absolute Gasteiger partial charge is 0.384 e. The molecular weight excluding hydrogens is 442 g/mol. The second-order valence-electron chi connectivity index (χ2n) is 7.88. The molecule has 0 aliphatic carbocycles. The highest BCUT2D eigenvalue weighted by Crippen LogP contribution is 2.23. The van der Waals surface area contributed by atoms with E-state index in [0.717, 1.165) is 22.4 Å². The van der Waals surface area contributed by atoms with Crippen LogP contribution in [0.4, 0.5) is 11.5 Å². The Kier molecular flexibility index (Phi) is 5.92. The summed E-state index contributed by atoms with van der Waals surface area (Å²) in [5, 5.41) is 16.5. The number of amides is 1. The monoisotopic (exact) mass is 463 g/mol. The van der Waals surface area contributed by atoms with Crippen LogP contribution in [-0.2, 0) is 6.54 Å². The molecule has 0 saturated carbocycles. The Morgan fingerprint density at radius 3 is 2.49 bits per heavy atom. The van der Waals surface area contributed by atoms with Gasteiger partial charge >= 0.3 is 5.69 Å². The molecule has 0 unspecified atom stereocenters. The van der Waals surface area contributed by atoms with E-state index >= 15 is 0 Å². The zero-order valence-corrected chi connectivity index (χ0v) is 18.6. The molecule has 0 spiro atoms. The van der Waals surface area contributed by atoms with Gasteiger partial charge in [-0.25, -0.2) is 9.78 Å². The van der Waals surface area contributed by atoms with Gasteiger partial charge in [-0.3, -0.25) is 4.79 Å². The fraction of sp³-hybridized carbons (Fsp3) is 0.0370. The molecule has 0 fully saturated rings. The van der Waals surface area contributed by atoms with Crippen molar-refractivity contribution in [3.05, 3.63) is 119 Å². The summed E-state index contributed by atoms with van der Waals surface area (Å²) in [7, 11) is 0. The van der Waals surface area contributed by atoms with Gasteiger partial charge in [0.2, 0.25) is 0 Å². The Balaban J connectivity index is 1.32. The van der Waals surface area contributed by atoms with Crippen LogP contribution in [0, 0.1) is 0 Å². The van der Waals surface area contributed by atoms with Crippen LogP contribution in [0.1, 0.15) is 15.9 Å². The van der Waals surface area contributed by atoms with Gasteiger partial charge in [-0.05, 0) is 59.2 Å². The second kappa shape index (κ2) is 9.48. The summed E-state index contributed by atoms with van der Waals surface area (Å²) in [6.45, 7) is 0.414. The van der Waals surface area contributed by atoms with Crippen molar-refractivity contribution in [3.8, 4) is 11.1 Å². The molecular formula is C27H21N5O3. The standard InChI is InChI=1S/C27H21N5O3/c33-26(30-22-8-2-1-3-9-22)20-13-11-19(12-14-20)21-7-4-6-18(16-21)17-29-24-23-10-5-15-28-25(23)32(35)27(34)31-24/h1-16,35H,17H2,(H,30,33)(H,29,31,34). The molecule has 0 aliphatic heterocycles. The van der Waals surface area contributed by atoms with Crippen molar-refractivity contribution >= 4 is 28.4 Å². The van der Waals surface area contributed by atoms with Crippen LogP contribution in [0.3, 0.4) is 0 Å². The first-order valence-corrected chi connectivity index (χ1v) is 11.0. The molecule has 5 rings (SSSR count). The zero-order chi connectivity index (χ0) is 24.2. The molecule has 172 valence electrons. The Morgan fingerprint density at radius 1 is 0.886 bits per heavy atom. The summed E-state index contributed by atoms with van der Waals surface area (Å²) in [5.41, 5.74) is 3.59. The van der Waals surface area contributed by atoms with E-state index in [1.54, 1.807) is 24.3 Å². The summed E-state index contributed by atoms with van der Waals surface area (Å²) >= 11 is 0. The minimum absolute atomic E-state index is 0.139. The van der Waals surface area contributed by atoms with E-state index in [9.17, 15) is 14.8 Å². The molecule has 8 nitrogen and oxygen atoms in total. The average molecular weight is 463 g/mol. The van der Waals surface area contributed by atoms with Crippen molar-refractivity contribution in [1.29, 1.82) is 0 Å². The Morgan fingerprint density at radius 2 is 1.69 bits per heavy atom. The largest absolute Gasteiger partial charge is 0.422 e. The molecule has 0 atom stereocenters. The SMILES string of the molecule is O=C(Nc1ccccc1)c1ccc(-c2cccc(CNc3nc(=O)n(O)c4ncccc34)c2)cc1. The van der Waals surface area contributed by atoms with Crippen LogP contribution >= 0.6 is 0 Å². The van der Waals surface area contributed by atoms with Gasteiger partial charge in [0.05, 0.1) is 5.39 Å². The van der Waals surface area contributed by atoms with Crippen LogP contribution < -0.4 is 16.3 Å². The third-order valence-electron chi connectivity index (χ3n) is 5.53. The van der Waals surface area contributed by atoms with E-state index in [-0.39, 0.29) is 11.6 Å². The lowest BCUT2D eigenvalue weighted by atomic mass is 10.0. The summed E-state index contributed by atoms with van der Waals surface area (Å²) in [6.07, 6.45) is 1.50. The van der Waals surface area contributed by atoms with Gasteiger partial charge in [0.15, 0.2) is 5.65 Å². The number of anilines is 2. The summed E-state index contributed by atoms with van der Waals surface area (Å²) in [5.74, 6) is 0.183. The highest BCUT2D eigenvalue weighted by Gasteiger charge is 2.11. The number of rotatable bonds is 6. The van der Waals surface area contributed by atoms with E-state index < -0.39 is 5.69 Å². The predicted molar refractivity (Wildman–Crippen MR) is 135 cm³/mol. The number of carbonyl (C=O) groups excluding carboxylic acids is 1. The van der Waals surface area contributed by atoms with Gasteiger partial charge in [0, 0.05) is 24.0 Å². The number of nitrogens with one attached hydrogen (secondary N) is 2. The Bertz CT molecular complexity index is 1560. The van der Waals surface area contributed by atoms with Crippen molar-refractivity contribution < 1.29 is 10.0 Å². The quantitative estimate of drug-likeness (QED) is 0.319. The predicted octanol–water partition coefficient (Wildman–Crippen LogP) is 4.56. The van der Waals surface area contributed by atoms with Gasteiger partial charge in [0.1, 0.15) is 5.82 Å². The Hall–Kier alpha value is -4.98. The van der Waals surface area contributed by atoms with Crippen LogP contribution in [0.15, 0.2) is 102 Å². The van der Waals surface area contributed by atoms with Crippen molar-refractivity contribution in [2.75, 3.05) is 10.6 Å². The lowest BCUT2D eigenvalue weighted by Gasteiger charge is -2.11. The molecule has 2 heterocycles. The number of nitrogens with zero attached hydrogens (tertiary/aromatic N) is 3. The molecule has 5 aromatic rings. The fourth-order valence-corrected chi connectivity index (χ4v) is 3.76. The first kappa shape index (κ1) is 21.8. The lowest BCUT2D eigenvalue weighted by Crippen LogP contribution is -2.23. The maximum Gasteiger partial charge on any atom is 0.384 e. The zero-order valence-electron chi connectivity index (χ0n) is 18.6. The van der Waals surface area contributed by atoms with Crippen molar-refractivity contribution in [2.24, 2.45) is 0 Å². The highest BCUT2D eigenvalue weighted by atomic mass is 16.5. The van der Waals surface area contributed by atoms with E-state index in [1.165, 1.54) is 6.20 Å². The molecule has 3 aromatic carbocycles. The number of fused-ring (bicyclic) bond motifs is 1. The molecule has 1 amide bonds. The third-order valence-corrected chi connectivity index (χ3v) is 5.53. The van der Waals surface area contributed by atoms with E-state index in [0.29, 0.717) is 28.0 Å². The van der Waals surface area contributed by atoms with Gasteiger partial charge in [-0.15, -0.1) is 4.73 Å². The topological polar surface area (TPSA) is 109 Å². The van der Waals surface area contributed by atoms with Crippen molar-refractivity contribution in [3.63, 3.8) is 0 Å². The number of para-hydroxylation sites is 1. The first-order valence-electron chi connectivity index (χ1n) is 11.0. The molecule has 0 aliphatic rings. The number of pyridine rings is 1. The highest BCUT2D eigenvalue weighted by molar-refractivity contribution is 6.04. The maximum atomic E-state index is 12.5. The van der Waals surface area contributed by atoms with Gasteiger partial charge < -0.3 is 15.8 Å². The second-order valence-corrected chi connectivity index (χ2v) is 7.88. The van der Waals surface area contributed by atoms with Gasteiger partial charge in [0.25, 0.3) is 5.91 Å². The van der Waals surface area contributed by atoms with Gasteiger partial charge in [-0.2, -0.15) is 4.98 Å². The van der Waals surface area contributed by atoms with Gasteiger partial charge in [-0.1, -0.05) is 48.5 Å². The van der Waals surface area contributed by atoms with Crippen molar-refractivity contribution in [1.82, 2.24) is 14.7 Å². The minimum Gasteiger partial charge on any atom is -0.422 e. The maximum absolute atomic E-state index is 12.5. The molecule has 0 radical (unpaired) electrons. The average Bonchev–Trinajstić information content (AvgIpc) is 2.91. The van der Waals surface area contributed by atoms with E-state index in [1.807, 2.05) is 66.7 Å². The van der Waals surface area contributed by atoms with Crippen LogP contribution in [-0.4, -0.2) is 25.8 Å².